The molecule has 1 atom stereocenters. The van der Waals surface area contributed by atoms with Crippen molar-refractivity contribution in [1.29, 1.82) is 0 Å². The van der Waals surface area contributed by atoms with Crippen LogP contribution >= 0.6 is 11.3 Å². The van der Waals surface area contributed by atoms with Gasteiger partial charge in [-0.05, 0) is 25.3 Å². The summed E-state index contributed by atoms with van der Waals surface area (Å²) in [6.07, 6.45) is 0.185. The van der Waals surface area contributed by atoms with Crippen molar-refractivity contribution in [3.8, 4) is 0 Å². The summed E-state index contributed by atoms with van der Waals surface area (Å²) in [7, 11) is 0. The molecule has 0 aliphatic carbocycles. The van der Waals surface area contributed by atoms with Gasteiger partial charge in [0, 0.05) is 11.8 Å². The average Bonchev–Trinajstić information content (AvgIpc) is 3.03. The first-order valence-corrected chi connectivity index (χ1v) is 7.47. The topological polar surface area (TPSA) is 86.9 Å². The van der Waals surface area contributed by atoms with Gasteiger partial charge in [0.2, 0.25) is 11.8 Å². The molecule has 112 valence electrons. The van der Waals surface area contributed by atoms with Crippen LogP contribution in [0.5, 0.6) is 0 Å². The minimum atomic E-state index is -0.310. The van der Waals surface area contributed by atoms with Gasteiger partial charge in [-0.25, -0.2) is 0 Å². The van der Waals surface area contributed by atoms with Crippen LogP contribution < -0.4 is 10.6 Å². The molecule has 0 fully saturated rings. The Hall–Kier alpha value is -2.15. The largest absolute Gasteiger partial charge is 0.348 e. The third-order valence-corrected chi connectivity index (χ3v) is 4.03. The molecule has 0 aliphatic rings. The number of thiophene rings is 1. The van der Waals surface area contributed by atoms with Gasteiger partial charge in [-0.15, -0.1) is 11.3 Å². The molecule has 1 unspecified atom stereocenters. The SMILES string of the molecule is CC(=O)NC(CC(=O)Nc1c(C)n[nH]c1C)c1cccs1. The molecule has 0 radical (unpaired) electrons. The smallest absolute Gasteiger partial charge is 0.226 e. The summed E-state index contributed by atoms with van der Waals surface area (Å²) >= 11 is 1.52. The first-order valence-electron chi connectivity index (χ1n) is 6.59. The number of aromatic amines is 1. The normalized spacial score (nSPS) is 12.0. The molecule has 6 nitrogen and oxygen atoms in total. The molecule has 2 amide bonds. The fraction of sp³-hybridized carbons (Fsp3) is 0.357. The molecule has 0 saturated carbocycles. The van der Waals surface area contributed by atoms with E-state index in [4.69, 9.17) is 0 Å². The number of rotatable bonds is 5. The van der Waals surface area contributed by atoms with Gasteiger partial charge in [0.15, 0.2) is 0 Å². The van der Waals surface area contributed by atoms with Crippen LogP contribution in [-0.4, -0.2) is 22.0 Å². The van der Waals surface area contributed by atoms with Gasteiger partial charge in [0.1, 0.15) is 0 Å². The molecule has 2 heterocycles. The quantitative estimate of drug-likeness (QED) is 0.792. The summed E-state index contributed by atoms with van der Waals surface area (Å²) in [5.74, 6) is -0.313. The van der Waals surface area contributed by atoms with Crippen molar-refractivity contribution in [2.24, 2.45) is 0 Å². The van der Waals surface area contributed by atoms with E-state index in [0.717, 1.165) is 16.3 Å². The van der Waals surface area contributed by atoms with Crippen LogP contribution in [-0.2, 0) is 9.59 Å². The van der Waals surface area contributed by atoms with Gasteiger partial charge < -0.3 is 10.6 Å². The number of amides is 2. The van der Waals surface area contributed by atoms with Crippen LogP contribution in [0, 0.1) is 13.8 Å². The van der Waals surface area contributed by atoms with Crippen LogP contribution in [0.1, 0.15) is 35.7 Å². The summed E-state index contributed by atoms with van der Waals surface area (Å²) in [6, 6.07) is 3.50. The standard InChI is InChI=1S/C14H18N4O2S/c1-8-14(9(2)18-17-8)16-13(20)7-11(15-10(3)19)12-5-4-6-21-12/h4-6,11H,7H2,1-3H3,(H,15,19)(H,16,20)(H,17,18). The first-order chi connectivity index (χ1) is 9.97. The average molecular weight is 306 g/mol. The first kappa shape index (κ1) is 15.2. The number of nitrogens with zero attached hydrogens (tertiary/aromatic N) is 1. The van der Waals surface area contributed by atoms with E-state index in [-0.39, 0.29) is 24.3 Å². The molecule has 3 N–H and O–H groups in total. The molecule has 2 rings (SSSR count). The third kappa shape index (κ3) is 3.91. The van der Waals surface area contributed by atoms with E-state index in [1.54, 1.807) is 0 Å². The van der Waals surface area contributed by atoms with E-state index in [0.29, 0.717) is 5.69 Å². The second-order valence-corrected chi connectivity index (χ2v) is 5.81. The summed E-state index contributed by atoms with van der Waals surface area (Å²) in [5, 5.41) is 14.4. The summed E-state index contributed by atoms with van der Waals surface area (Å²) < 4.78 is 0. The maximum atomic E-state index is 12.2. The number of aromatic nitrogens is 2. The van der Waals surface area contributed by atoms with E-state index >= 15 is 0 Å². The van der Waals surface area contributed by atoms with E-state index in [1.807, 2.05) is 31.4 Å². The molecular weight excluding hydrogens is 288 g/mol. The van der Waals surface area contributed by atoms with Gasteiger partial charge in [0.25, 0.3) is 0 Å². The molecule has 0 aromatic carbocycles. The monoisotopic (exact) mass is 306 g/mol. The summed E-state index contributed by atoms with van der Waals surface area (Å²) in [5.41, 5.74) is 2.26. The van der Waals surface area contributed by atoms with Crippen molar-refractivity contribution in [2.45, 2.75) is 33.2 Å². The third-order valence-electron chi connectivity index (χ3n) is 3.05. The number of carbonyl (C=O) groups is 2. The molecule has 2 aromatic rings. The zero-order valence-electron chi connectivity index (χ0n) is 12.2. The Morgan fingerprint density at radius 2 is 2.19 bits per heavy atom. The van der Waals surface area contributed by atoms with Gasteiger partial charge in [0.05, 0.1) is 29.5 Å². The number of aryl methyl sites for hydroxylation is 2. The van der Waals surface area contributed by atoms with Crippen LogP contribution in [0.3, 0.4) is 0 Å². The Kier molecular flexibility index (Phi) is 4.74. The lowest BCUT2D eigenvalue weighted by molar-refractivity contribution is -0.120. The summed E-state index contributed by atoms with van der Waals surface area (Å²) in [6.45, 7) is 5.12. The Morgan fingerprint density at radius 3 is 2.71 bits per heavy atom. The van der Waals surface area contributed by atoms with Gasteiger partial charge in [-0.1, -0.05) is 6.07 Å². The van der Waals surface area contributed by atoms with Crippen molar-refractivity contribution in [2.75, 3.05) is 5.32 Å². The zero-order valence-corrected chi connectivity index (χ0v) is 13.0. The molecule has 0 spiro atoms. The van der Waals surface area contributed by atoms with Crippen molar-refractivity contribution in [1.82, 2.24) is 15.5 Å². The highest BCUT2D eigenvalue weighted by Gasteiger charge is 2.19. The second-order valence-electron chi connectivity index (χ2n) is 4.83. The van der Waals surface area contributed by atoms with Crippen LogP contribution in [0.2, 0.25) is 0 Å². The number of anilines is 1. The fourth-order valence-electron chi connectivity index (χ4n) is 2.07. The lowest BCUT2D eigenvalue weighted by Gasteiger charge is -2.16. The van der Waals surface area contributed by atoms with Gasteiger partial charge >= 0.3 is 0 Å². The van der Waals surface area contributed by atoms with E-state index in [1.165, 1.54) is 18.3 Å². The van der Waals surface area contributed by atoms with Crippen LogP contribution in [0.25, 0.3) is 0 Å². The minimum absolute atomic E-state index is 0.156. The summed E-state index contributed by atoms with van der Waals surface area (Å²) in [4.78, 5) is 24.5. The molecule has 0 saturated heterocycles. The Balaban J connectivity index is 2.06. The van der Waals surface area contributed by atoms with Gasteiger partial charge in [-0.2, -0.15) is 5.10 Å². The Morgan fingerprint density at radius 1 is 1.43 bits per heavy atom. The highest BCUT2D eigenvalue weighted by Crippen LogP contribution is 2.23. The molecule has 0 aliphatic heterocycles. The molecule has 7 heteroatoms. The fourth-order valence-corrected chi connectivity index (χ4v) is 2.85. The predicted molar refractivity (Wildman–Crippen MR) is 82.2 cm³/mol. The second kappa shape index (κ2) is 6.53. The number of carbonyl (C=O) groups excluding carboxylic acids is 2. The van der Waals surface area contributed by atoms with Crippen molar-refractivity contribution in [3.05, 3.63) is 33.8 Å². The highest BCUT2D eigenvalue weighted by molar-refractivity contribution is 7.10. The minimum Gasteiger partial charge on any atom is -0.348 e. The van der Waals surface area contributed by atoms with Crippen LogP contribution in [0.15, 0.2) is 17.5 Å². The number of hydrogen-bond acceptors (Lipinski definition) is 4. The molecular formula is C14H18N4O2S. The molecule has 0 bridgehead atoms. The van der Waals surface area contributed by atoms with Crippen molar-refractivity contribution >= 4 is 28.8 Å². The molecule has 2 aromatic heterocycles. The number of nitrogens with one attached hydrogen (secondary N) is 3. The maximum Gasteiger partial charge on any atom is 0.226 e. The number of H-pyrrole nitrogens is 1. The van der Waals surface area contributed by atoms with Gasteiger partial charge in [-0.3, -0.25) is 14.7 Å². The van der Waals surface area contributed by atoms with Crippen LogP contribution in [0.4, 0.5) is 5.69 Å². The Bertz CT molecular complexity index is 614. The van der Waals surface area contributed by atoms with Crippen molar-refractivity contribution in [3.63, 3.8) is 0 Å². The van der Waals surface area contributed by atoms with E-state index in [9.17, 15) is 9.59 Å². The Labute approximate surface area is 127 Å². The number of hydrogen-bond donors (Lipinski definition) is 3. The zero-order chi connectivity index (χ0) is 15.4. The molecule has 21 heavy (non-hydrogen) atoms. The maximum absolute atomic E-state index is 12.2. The lowest BCUT2D eigenvalue weighted by Crippen LogP contribution is -2.29. The lowest BCUT2D eigenvalue weighted by atomic mass is 10.1. The predicted octanol–water partition coefficient (Wildman–Crippen LogP) is 2.29. The van der Waals surface area contributed by atoms with E-state index < -0.39 is 0 Å². The van der Waals surface area contributed by atoms with Crippen molar-refractivity contribution < 1.29 is 9.59 Å². The van der Waals surface area contributed by atoms with E-state index in [2.05, 4.69) is 20.8 Å². The highest BCUT2D eigenvalue weighted by atomic mass is 32.1.